The number of H-pyrrole nitrogens is 2. The molecule has 0 atom stereocenters. The molecule has 5 aromatic heterocycles. The van der Waals surface area contributed by atoms with Gasteiger partial charge in [-0.2, -0.15) is 0 Å². The fourth-order valence-electron chi connectivity index (χ4n) is 11.3. The molecule has 89 heavy (non-hydrogen) atoms. The molecule has 0 amide bonds. The van der Waals surface area contributed by atoms with Crippen molar-refractivity contribution in [2.75, 3.05) is 115 Å². The van der Waals surface area contributed by atoms with Crippen LogP contribution >= 0.6 is 0 Å². The van der Waals surface area contributed by atoms with Gasteiger partial charge in [-0.3, -0.25) is 0 Å². The second kappa shape index (κ2) is 31.6. The molecule has 0 fully saturated rings. The highest BCUT2D eigenvalue weighted by Gasteiger charge is 2.21. The number of nitrogens with two attached hydrogens (primary N) is 5. The summed E-state index contributed by atoms with van der Waals surface area (Å²) in [5.74, 6) is 3.89. The largest absolute Gasteiger partial charge is 0.492 e. The molecule has 10 rings (SSSR count). The summed E-state index contributed by atoms with van der Waals surface area (Å²) in [4.78, 5) is 8.71. The Kier molecular flexibility index (Phi) is 24.8. The van der Waals surface area contributed by atoms with Crippen molar-refractivity contribution in [2.45, 2.75) is 95.7 Å². The van der Waals surface area contributed by atoms with Crippen molar-refractivity contribution in [3.05, 3.63) is 117 Å². The number of hydrogen-bond acceptors (Lipinski definition) is 16. The number of nitrogens with zero attached hydrogens (tertiary/aromatic N) is 4. The number of aliphatic hydroxyl groups is 5. The lowest BCUT2D eigenvalue weighted by Gasteiger charge is -2.12. The minimum absolute atomic E-state index is 0.00451. The number of ether oxygens (including phenoxy) is 5. The summed E-state index contributed by atoms with van der Waals surface area (Å²) in [6.45, 7) is 26.6. The molecule has 10 aromatic rings. The predicted octanol–water partition coefficient (Wildman–Crippen LogP) is 9.48. The average molecular weight is 1230 g/mol. The molecule has 17 N–H and O–H groups in total. The van der Waals surface area contributed by atoms with Gasteiger partial charge in [0.1, 0.15) is 55.2 Å². The lowest BCUT2D eigenvalue weighted by atomic mass is 10.1. The van der Waals surface area contributed by atoms with E-state index in [0.29, 0.717) is 44.3 Å². The smallest absolute Gasteiger partial charge is 0.143 e. The lowest BCUT2D eigenvalue weighted by Crippen LogP contribution is -2.19. The van der Waals surface area contributed by atoms with Gasteiger partial charge in [0, 0.05) is 111 Å². The van der Waals surface area contributed by atoms with Gasteiger partial charge in [-0.1, -0.05) is 6.92 Å². The van der Waals surface area contributed by atoms with Gasteiger partial charge in [0.05, 0.1) is 67.2 Å². The summed E-state index contributed by atoms with van der Waals surface area (Å²) in [6.07, 6.45) is 0.917. The molecule has 0 aliphatic carbocycles. The van der Waals surface area contributed by atoms with Gasteiger partial charge < -0.3 is 106 Å². The van der Waals surface area contributed by atoms with E-state index in [1.54, 1.807) is 6.07 Å². The highest BCUT2D eigenvalue weighted by Crippen LogP contribution is 2.40. The SMILES string of the molecule is CCOc1ccc(N)c2c(CC)c(C)n(CCO)c12.Cc1[nH]c2c(OCCN(C)C)ccc(N)c2c1C.Cc1[nH]c2c(OCCO)ccc(N)c2c1C.Cc1c(C)n(C)c2c(OCCO)ccc(N)c12.Cc1c(C)n(CCO)c2c(OCCO)ccc(N)c12. The first-order valence-electron chi connectivity index (χ1n) is 30.2. The number of benzene rings is 5. The second-order valence-corrected chi connectivity index (χ2v) is 22.1. The average Bonchev–Trinajstić information content (AvgIpc) is 1.67. The molecular formula is C68H97N11O10. The zero-order valence-corrected chi connectivity index (χ0v) is 54.6. The van der Waals surface area contributed by atoms with Crippen molar-refractivity contribution in [2.24, 2.45) is 7.05 Å². The number of nitrogens with one attached hydrogen (secondary N) is 2. The molecule has 0 aliphatic rings. The maximum absolute atomic E-state index is 9.28. The molecule has 21 nitrogen and oxygen atoms in total. The molecule has 0 radical (unpaired) electrons. The Morgan fingerprint density at radius 3 is 1.20 bits per heavy atom. The van der Waals surface area contributed by atoms with Crippen LogP contribution in [0.5, 0.6) is 28.7 Å². The van der Waals surface area contributed by atoms with Gasteiger partial charge >= 0.3 is 0 Å². The van der Waals surface area contributed by atoms with E-state index in [2.05, 4.69) is 65.5 Å². The number of likely N-dealkylation sites (N-methyl/N-ethyl adjacent to an activating group) is 1. The summed E-state index contributed by atoms with van der Waals surface area (Å²) >= 11 is 0. The van der Waals surface area contributed by atoms with Crippen molar-refractivity contribution < 1.29 is 49.2 Å². The van der Waals surface area contributed by atoms with Crippen LogP contribution in [0.3, 0.4) is 0 Å². The number of aliphatic hydroxyl groups excluding tert-OH is 5. The number of fused-ring (bicyclic) bond motifs is 5. The Morgan fingerprint density at radius 2 is 0.775 bits per heavy atom. The highest BCUT2D eigenvalue weighted by atomic mass is 16.5. The van der Waals surface area contributed by atoms with Crippen LogP contribution in [0.1, 0.15) is 70.1 Å². The molecular weight excluding hydrogens is 1130 g/mol. The summed E-state index contributed by atoms with van der Waals surface area (Å²) in [6, 6.07) is 18.6. The number of rotatable bonds is 20. The van der Waals surface area contributed by atoms with E-state index in [1.165, 1.54) is 22.4 Å². The maximum atomic E-state index is 9.28. The van der Waals surface area contributed by atoms with E-state index >= 15 is 0 Å². The molecule has 0 saturated carbocycles. The molecule has 0 saturated heterocycles. The first kappa shape index (κ1) is 69.7. The highest BCUT2D eigenvalue weighted by molar-refractivity contribution is 6.02. The Hall–Kier alpha value is -8.44. The molecule has 0 bridgehead atoms. The van der Waals surface area contributed by atoms with E-state index in [1.807, 2.05) is 115 Å². The predicted molar refractivity (Wildman–Crippen MR) is 365 cm³/mol. The van der Waals surface area contributed by atoms with Gasteiger partial charge in [0.15, 0.2) is 0 Å². The van der Waals surface area contributed by atoms with Crippen LogP contribution in [-0.4, -0.2) is 141 Å². The first-order valence-corrected chi connectivity index (χ1v) is 30.2. The van der Waals surface area contributed by atoms with Crippen molar-refractivity contribution in [1.82, 2.24) is 28.6 Å². The van der Waals surface area contributed by atoms with Gasteiger partial charge in [-0.25, -0.2) is 0 Å². The van der Waals surface area contributed by atoms with E-state index < -0.39 is 0 Å². The van der Waals surface area contributed by atoms with Crippen molar-refractivity contribution >= 4 is 83.0 Å². The summed E-state index contributed by atoms with van der Waals surface area (Å²) < 4.78 is 34.3. The van der Waals surface area contributed by atoms with E-state index in [4.69, 9.17) is 67.7 Å². The van der Waals surface area contributed by atoms with Crippen LogP contribution in [0.2, 0.25) is 0 Å². The zero-order chi connectivity index (χ0) is 65.6. The van der Waals surface area contributed by atoms with Crippen molar-refractivity contribution in [3.8, 4) is 28.7 Å². The van der Waals surface area contributed by atoms with Crippen molar-refractivity contribution in [3.63, 3.8) is 0 Å². The van der Waals surface area contributed by atoms with Gasteiger partial charge in [-0.05, 0) is 178 Å². The van der Waals surface area contributed by atoms with Crippen LogP contribution in [0, 0.1) is 62.3 Å². The van der Waals surface area contributed by atoms with Gasteiger partial charge in [0.25, 0.3) is 0 Å². The number of aromatic amines is 2. The Morgan fingerprint density at radius 1 is 0.416 bits per heavy atom. The fraction of sp³-hybridized carbons (Fsp3) is 0.412. The molecule has 0 aliphatic heterocycles. The number of aromatic nitrogens is 5. The third-order valence-electron chi connectivity index (χ3n) is 16.3. The molecule has 0 spiro atoms. The monoisotopic (exact) mass is 1230 g/mol. The Labute approximate surface area is 522 Å². The minimum atomic E-state index is -0.0372. The molecule has 0 unspecified atom stereocenters. The summed E-state index contributed by atoms with van der Waals surface area (Å²) in [5, 5.41) is 50.1. The third-order valence-corrected chi connectivity index (χ3v) is 16.3. The van der Waals surface area contributed by atoms with E-state index in [9.17, 15) is 10.2 Å². The zero-order valence-electron chi connectivity index (χ0n) is 54.6. The Balaban J connectivity index is 0.000000178. The fourth-order valence-corrected chi connectivity index (χ4v) is 11.3. The van der Waals surface area contributed by atoms with Gasteiger partial charge in [0.2, 0.25) is 0 Å². The lowest BCUT2D eigenvalue weighted by molar-refractivity contribution is 0.202. The summed E-state index contributed by atoms with van der Waals surface area (Å²) in [5.41, 5.74) is 50.2. The third kappa shape index (κ3) is 15.2. The topological polar surface area (TPSA) is 327 Å². The number of hydrogen-bond donors (Lipinski definition) is 12. The summed E-state index contributed by atoms with van der Waals surface area (Å²) in [7, 11) is 6.06. The second-order valence-electron chi connectivity index (χ2n) is 22.1. The Bertz CT molecular complexity index is 4000. The van der Waals surface area contributed by atoms with E-state index in [-0.39, 0.29) is 46.2 Å². The maximum Gasteiger partial charge on any atom is 0.143 e. The minimum Gasteiger partial charge on any atom is -0.492 e. The van der Waals surface area contributed by atoms with Crippen LogP contribution < -0.4 is 52.4 Å². The normalized spacial score (nSPS) is 11.1. The van der Waals surface area contributed by atoms with Crippen molar-refractivity contribution in [1.29, 1.82) is 0 Å². The first-order chi connectivity index (χ1) is 42.5. The quantitative estimate of drug-likeness (QED) is 0.0316. The van der Waals surface area contributed by atoms with Crippen LogP contribution in [0.25, 0.3) is 54.5 Å². The molecule has 5 heterocycles. The van der Waals surface area contributed by atoms with Crippen LogP contribution in [0.15, 0.2) is 60.7 Å². The van der Waals surface area contributed by atoms with E-state index in [0.717, 1.165) is 147 Å². The number of nitrogen functional groups attached to an aromatic ring is 5. The molecule has 5 aromatic carbocycles. The molecule has 21 heteroatoms. The number of aryl methyl sites for hydroxylation is 8. The number of anilines is 5. The standard InChI is InChI=1S/C15H22N2O2.C14H21N3O.C14H20N2O3.C13H18N2O2.C12H16N2O2/c1-4-11-10(3)17(8-9-18)15-13(19-5-2)7-6-12(16)14(11)15;1-9-10(2)16-14-12(18-8-7-17(3)4)6-5-11(15)13(9)14;1-9-10(2)16(5-6-17)14-12(19-8-7-18)4-3-11(15)13(9)14;1-8-9(2)15(3)13-11(17-7-6-16)5-4-10(14)12(8)13;1-7-8(2)14-12-10(16-6-5-15)4-3-9(13)11(7)12/h6-7,18H,4-5,8-9,16H2,1-3H3;5-6,16H,7-8,15H2,1-4H3;3-4,17-18H,5-8,15H2,1-2H3;4-5,16H,6-7,14H2,1-3H3;3-4,14-15H,5-6,13H2,1-2H3. The van der Waals surface area contributed by atoms with Crippen LogP contribution in [-0.2, 0) is 26.6 Å². The van der Waals surface area contributed by atoms with Gasteiger partial charge in [-0.15, -0.1) is 0 Å². The van der Waals surface area contributed by atoms with Crippen LogP contribution in [0.4, 0.5) is 28.4 Å². The molecule has 484 valence electrons.